The van der Waals surface area contributed by atoms with Crippen LogP contribution in [0.15, 0.2) is 22.7 Å². The largest absolute Gasteiger partial charge is 0.361 e. The maximum absolute atomic E-state index is 13.1. The van der Waals surface area contributed by atoms with Crippen LogP contribution in [0.3, 0.4) is 0 Å². The van der Waals surface area contributed by atoms with E-state index in [1.165, 1.54) is 18.2 Å². The molecule has 0 spiro atoms. The summed E-state index contributed by atoms with van der Waals surface area (Å²) in [5.41, 5.74) is 1.05. The van der Waals surface area contributed by atoms with E-state index in [0.29, 0.717) is 22.7 Å². The number of carbonyl (C=O) groups excluding carboxylic acids is 1. The molecule has 0 unspecified atom stereocenters. The standard InChI is InChI=1S/C15H16ClFN2O2/c1-8-12(13(19-21-8)15(2,3)4)14(20)18-9-5-6-11(17)10(16)7-9/h5-7H,1-4H3,(H,18,20). The van der Waals surface area contributed by atoms with Crippen molar-refractivity contribution in [1.29, 1.82) is 0 Å². The molecule has 2 rings (SSSR count). The summed E-state index contributed by atoms with van der Waals surface area (Å²) in [5, 5.41) is 6.59. The van der Waals surface area contributed by atoms with Gasteiger partial charge in [-0.3, -0.25) is 4.79 Å². The molecule has 6 heteroatoms. The quantitative estimate of drug-likeness (QED) is 0.898. The average molecular weight is 311 g/mol. The normalized spacial score (nSPS) is 11.5. The number of benzene rings is 1. The van der Waals surface area contributed by atoms with Gasteiger partial charge in [-0.25, -0.2) is 4.39 Å². The maximum atomic E-state index is 13.1. The number of anilines is 1. The van der Waals surface area contributed by atoms with Gasteiger partial charge in [-0.15, -0.1) is 0 Å². The Balaban J connectivity index is 2.33. The SMILES string of the molecule is Cc1onc(C(C)(C)C)c1C(=O)Nc1ccc(F)c(Cl)c1. The van der Waals surface area contributed by atoms with E-state index in [2.05, 4.69) is 10.5 Å². The number of amides is 1. The van der Waals surface area contributed by atoms with Crippen LogP contribution in [0, 0.1) is 12.7 Å². The van der Waals surface area contributed by atoms with Gasteiger partial charge in [0.1, 0.15) is 22.8 Å². The smallest absolute Gasteiger partial charge is 0.261 e. The lowest BCUT2D eigenvalue weighted by Gasteiger charge is -2.16. The predicted molar refractivity (Wildman–Crippen MR) is 79.3 cm³/mol. The first-order valence-electron chi connectivity index (χ1n) is 6.43. The van der Waals surface area contributed by atoms with Gasteiger partial charge in [0.25, 0.3) is 5.91 Å². The Morgan fingerprint density at radius 2 is 2.05 bits per heavy atom. The fourth-order valence-electron chi connectivity index (χ4n) is 1.92. The number of hydrogen-bond acceptors (Lipinski definition) is 3. The number of carbonyl (C=O) groups is 1. The number of nitrogens with one attached hydrogen (secondary N) is 1. The molecule has 0 aliphatic heterocycles. The summed E-state index contributed by atoms with van der Waals surface area (Å²) in [7, 11) is 0. The van der Waals surface area contributed by atoms with Gasteiger partial charge in [0.05, 0.1) is 5.02 Å². The van der Waals surface area contributed by atoms with Crippen LogP contribution >= 0.6 is 11.6 Å². The molecule has 1 aromatic carbocycles. The van der Waals surface area contributed by atoms with E-state index in [1.807, 2.05) is 20.8 Å². The summed E-state index contributed by atoms with van der Waals surface area (Å²) >= 11 is 5.70. The minimum Gasteiger partial charge on any atom is -0.361 e. The second kappa shape index (κ2) is 5.48. The van der Waals surface area contributed by atoms with E-state index in [1.54, 1.807) is 6.92 Å². The number of halogens is 2. The first-order chi connectivity index (χ1) is 9.70. The predicted octanol–water partition coefficient (Wildman–Crippen LogP) is 4.33. The van der Waals surface area contributed by atoms with Crippen LogP contribution in [-0.2, 0) is 5.41 Å². The van der Waals surface area contributed by atoms with Crippen LogP contribution in [0.1, 0.15) is 42.6 Å². The molecule has 1 N–H and O–H groups in total. The van der Waals surface area contributed by atoms with Gasteiger partial charge >= 0.3 is 0 Å². The lowest BCUT2D eigenvalue weighted by molar-refractivity contribution is 0.102. The van der Waals surface area contributed by atoms with Crippen LogP contribution < -0.4 is 5.32 Å². The van der Waals surface area contributed by atoms with Gasteiger partial charge in [0, 0.05) is 11.1 Å². The number of aromatic nitrogens is 1. The van der Waals surface area contributed by atoms with Gasteiger partial charge < -0.3 is 9.84 Å². The Bertz CT molecular complexity index is 689. The number of rotatable bonds is 2. The number of hydrogen-bond donors (Lipinski definition) is 1. The molecule has 112 valence electrons. The monoisotopic (exact) mass is 310 g/mol. The third-order valence-corrected chi connectivity index (χ3v) is 3.27. The molecule has 0 aliphatic carbocycles. The van der Waals surface area contributed by atoms with Crippen molar-refractivity contribution in [2.45, 2.75) is 33.1 Å². The van der Waals surface area contributed by atoms with Crippen molar-refractivity contribution in [3.05, 3.63) is 46.1 Å². The minimum absolute atomic E-state index is 0.0501. The molecule has 0 fully saturated rings. The van der Waals surface area contributed by atoms with Crippen molar-refractivity contribution < 1.29 is 13.7 Å². The zero-order chi connectivity index (χ0) is 15.8. The van der Waals surface area contributed by atoms with Gasteiger partial charge in [-0.1, -0.05) is 37.5 Å². The molecule has 0 radical (unpaired) electrons. The number of nitrogens with zero attached hydrogens (tertiary/aromatic N) is 1. The molecule has 1 amide bonds. The van der Waals surface area contributed by atoms with E-state index in [9.17, 15) is 9.18 Å². The van der Waals surface area contributed by atoms with E-state index in [4.69, 9.17) is 16.1 Å². The maximum Gasteiger partial charge on any atom is 0.261 e. The molecule has 4 nitrogen and oxygen atoms in total. The molecule has 0 aliphatic rings. The molecule has 0 atom stereocenters. The van der Waals surface area contributed by atoms with E-state index < -0.39 is 5.82 Å². The van der Waals surface area contributed by atoms with Gasteiger partial charge in [-0.05, 0) is 25.1 Å². The highest BCUT2D eigenvalue weighted by atomic mass is 35.5. The topological polar surface area (TPSA) is 55.1 Å². The zero-order valence-corrected chi connectivity index (χ0v) is 13.0. The Hall–Kier alpha value is -1.88. The van der Waals surface area contributed by atoms with Crippen molar-refractivity contribution >= 4 is 23.2 Å². The second-order valence-corrected chi connectivity index (χ2v) is 6.20. The molecular weight excluding hydrogens is 295 g/mol. The van der Waals surface area contributed by atoms with Crippen LogP contribution in [-0.4, -0.2) is 11.1 Å². The highest BCUT2D eigenvalue weighted by Crippen LogP contribution is 2.28. The van der Waals surface area contributed by atoms with Crippen molar-refractivity contribution in [3.63, 3.8) is 0 Å². The van der Waals surface area contributed by atoms with Gasteiger partial charge in [0.2, 0.25) is 0 Å². The minimum atomic E-state index is -0.536. The summed E-state index contributed by atoms with van der Waals surface area (Å²) in [6, 6.07) is 4.00. The Morgan fingerprint density at radius 1 is 1.38 bits per heavy atom. The summed E-state index contributed by atoms with van der Waals surface area (Å²) < 4.78 is 18.3. The molecule has 21 heavy (non-hydrogen) atoms. The van der Waals surface area contributed by atoms with E-state index in [-0.39, 0.29) is 16.3 Å². The van der Waals surface area contributed by atoms with E-state index in [0.717, 1.165) is 0 Å². The summed E-state index contributed by atoms with van der Waals surface area (Å²) in [4.78, 5) is 12.4. The molecular formula is C15H16ClFN2O2. The zero-order valence-electron chi connectivity index (χ0n) is 12.3. The average Bonchev–Trinajstić information content (AvgIpc) is 2.76. The molecule has 1 heterocycles. The summed E-state index contributed by atoms with van der Waals surface area (Å²) in [6.45, 7) is 7.50. The fraction of sp³-hybridized carbons (Fsp3) is 0.333. The fourth-order valence-corrected chi connectivity index (χ4v) is 2.10. The molecule has 2 aromatic rings. The van der Waals surface area contributed by atoms with Crippen LogP contribution in [0.4, 0.5) is 10.1 Å². The molecule has 1 aromatic heterocycles. The molecule has 0 saturated heterocycles. The Morgan fingerprint density at radius 3 is 2.62 bits per heavy atom. The highest BCUT2D eigenvalue weighted by molar-refractivity contribution is 6.31. The highest BCUT2D eigenvalue weighted by Gasteiger charge is 2.28. The lowest BCUT2D eigenvalue weighted by Crippen LogP contribution is -2.21. The first kappa shape index (κ1) is 15.5. The molecule has 0 bridgehead atoms. The number of aryl methyl sites for hydroxylation is 1. The third kappa shape index (κ3) is 3.24. The van der Waals surface area contributed by atoms with Gasteiger partial charge in [0.15, 0.2) is 0 Å². The second-order valence-electron chi connectivity index (χ2n) is 5.80. The third-order valence-electron chi connectivity index (χ3n) is 2.98. The lowest BCUT2D eigenvalue weighted by atomic mass is 9.88. The van der Waals surface area contributed by atoms with Crippen LogP contribution in [0.5, 0.6) is 0 Å². The van der Waals surface area contributed by atoms with Crippen LogP contribution in [0.2, 0.25) is 5.02 Å². The Kier molecular flexibility index (Phi) is 4.05. The van der Waals surface area contributed by atoms with Crippen molar-refractivity contribution in [2.75, 3.05) is 5.32 Å². The van der Waals surface area contributed by atoms with E-state index >= 15 is 0 Å². The van der Waals surface area contributed by atoms with Crippen LogP contribution in [0.25, 0.3) is 0 Å². The van der Waals surface area contributed by atoms with Crippen molar-refractivity contribution in [3.8, 4) is 0 Å². The first-order valence-corrected chi connectivity index (χ1v) is 6.81. The molecule has 0 saturated carbocycles. The summed E-state index contributed by atoms with van der Waals surface area (Å²) in [6.07, 6.45) is 0. The summed E-state index contributed by atoms with van der Waals surface area (Å²) in [5.74, 6) is -0.460. The van der Waals surface area contributed by atoms with Crippen molar-refractivity contribution in [1.82, 2.24) is 5.16 Å². The van der Waals surface area contributed by atoms with Gasteiger partial charge in [-0.2, -0.15) is 0 Å². The van der Waals surface area contributed by atoms with Crippen molar-refractivity contribution in [2.24, 2.45) is 0 Å². The Labute approximate surface area is 127 Å².